The number of nitrogens with two attached hydrogens (primary N) is 1. The van der Waals surface area contributed by atoms with E-state index in [2.05, 4.69) is 29.3 Å². The molecule has 0 aromatic heterocycles. The Bertz CT molecular complexity index is 839. The van der Waals surface area contributed by atoms with Crippen LogP contribution in [0.25, 0.3) is 0 Å². The minimum Gasteiger partial charge on any atom is -0.497 e. The van der Waals surface area contributed by atoms with E-state index in [-0.39, 0.29) is 24.0 Å². The number of carbonyl (C=O) groups excluding carboxylic acids is 1. The largest absolute Gasteiger partial charge is 0.497 e. The van der Waals surface area contributed by atoms with E-state index in [1.165, 1.54) is 5.56 Å². The number of likely N-dealkylation sites (tertiary alicyclic amines) is 1. The second-order valence-corrected chi connectivity index (χ2v) is 6.94. The molecule has 1 atom stereocenters. The van der Waals surface area contributed by atoms with E-state index in [0.717, 1.165) is 43.3 Å². The van der Waals surface area contributed by atoms with Crippen LogP contribution in [-0.2, 0) is 6.54 Å². The Balaban J connectivity index is 0.00000300. The van der Waals surface area contributed by atoms with Gasteiger partial charge in [0, 0.05) is 31.1 Å². The SMILES string of the molecule is CCNC(=NCc1cccc(C(N)=O)c1)N1CCC(c2ccc(OC)cc2)C1.I. The van der Waals surface area contributed by atoms with Crippen LogP contribution in [0.15, 0.2) is 53.5 Å². The lowest BCUT2D eigenvalue weighted by molar-refractivity contribution is 0.1000. The van der Waals surface area contributed by atoms with E-state index in [9.17, 15) is 4.79 Å². The molecule has 1 aliphatic heterocycles. The van der Waals surface area contributed by atoms with Gasteiger partial charge in [-0.25, -0.2) is 4.99 Å². The van der Waals surface area contributed by atoms with Gasteiger partial charge < -0.3 is 20.7 Å². The van der Waals surface area contributed by atoms with Gasteiger partial charge in [-0.1, -0.05) is 24.3 Å². The third kappa shape index (κ3) is 6.09. The van der Waals surface area contributed by atoms with Gasteiger partial charge in [-0.15, -0.1) is 24.0 Å². The number of guanidine groups is 1. The van der Waals surface area contributed by atoms with Gasteiger partial charge in [0.1, 0.15) is 5.75 Å². The Morgan fingerprint density at radius 1 is 1.28 bits per heavy atom. The van der Waals surface area contributed by atoms with Gasteiger partial charge in [-0.3, -0.25) is 4.79 Å². The zero-order valence-corrected chi connectivity index (χ0v) is 19.3. The van der Waals surface area contributed by atoms with Crippen molar-refractivity contribution in [3.8, 4) is 5.75 Å². The molecule has 29 heavy (non-hydrogen) atoms. The Morgan fingerprint density at radius 2 is 2.03 bits per heavy atom. The zero-order chi connectivity index (χ0) is 19.9. The van der Waals surface area contributed by atoms with E-state index in [1.807, 2.05) is 24.3 Å². The second-order valence-electron chi connectivity index (χ2n) is 6.94. The maximum absolute atomic E-state index is 11.4. The monoisotopic (exact) mass is 508 g/mol. The van der Waals surface area contributed by atoms with Gasteiger partial charge in [0.25, 0.3) is 0 Å². The van der Waals surface area contributed by atoms with Crippen LogP contribution in [0.1, 0.15) is 40.7 Å². The number of nitrogens with one attached hydrogen (secondary N) is 1. The fourth-order valence-electron chi connectivity index (χ4n) is 3.52. The van der Waals surface area contributed by atoms with Gasteiger partial charge in [0.15, 0.2) is 5.96 Å². The molecule has 1 unspecified atom stereocenters. The molecule has 1 amide bonds. The van der Waals surface area contributed by atoms with Crippen LogP contribution in [0, 0.1) is 0 Å². The molecule has 0 saturated carbocycles. The van der Waals surface area contributed by atoms with E-state index >= 15 is 0 Å². The molecule has 7 heteroatoms. The van der Waals surface area contributed by atoms with Gasteiger partial charge in [0.2, 0.25) is 5.91 Å². The highest BCUT2D eigenvalue weighted by atomic mass is 127. The molecule has 2 aromatic rings. The quantitative estimate of drug-likeness (QED) is 0.357. The summed E-state index contributed by atoms with van der Waals surface area (Å²) in [6.07, 6.45) is 1.09. The summed E-state index contributed by atoms with van der Waals surface area (Å²) in [6, 6.07) is 15.7. The lowest BCUT2D eigenvalue weighted by atomic mass is 9.98. The summed E-state index contributed by atoms with van der Waals surface area (Å²) in [7, 11) is 1.69. The number of methoxy groups -OCH3 is 1. The first-order valence-corrected chi connectivity index (χ1v) is 9.66. The highest BCUT2D eigenvalue weighted by Gasteiger charge is 2.26. The summed E-state index contributed by atoms with van der Waals surface area (Å²) in [4.78, 5) is 18.5. The summed E-state index contributed by atoms with van der Waals surface area (Å²) < 4.78 is 5.25. The molecule has 156 valence electrons. The highest BCUT2D eigenvalue weighted by Crippen LogP contribution is 2.28. The third-order valence-corrected chi connectivity index (χ3v) is 5.03. The molecule has 1 aliphatic rings. The fourth-order valence-corrected chi connectivity index (χ4v) is 3.52. The highest BCUT2D eigenvalue weighted by molar-refractivity contribution is 14.0. The van der Waals surface area contributed by atoms with Gasteiger partial charge in [-0.2, -0.15) is 0 Å². The number of benzene rings is 2. The molecule has 3 rings (SSSR count). The predicted molar refractivity (Wildman–Crippen MR) is 127 cm³/mol. The van der Waals surface area contributed by atoms with Crippen molar-refractivity contribution in [1.82, 2.24) is 10.2 Å². The first kappa shape index (κ1) is 23.0. The number of primary amides is 1. The number of halogens is 1. The van der Waals surface area contributed by atoms with Crippen LogP contribution in [0.5, 0.6) is 5.75 Å². The van der Waals surface area contributed by atoms with Gasteiger partial charge in [-0.05, 0) is 48.7 Å². The van der Waals surface area contributed by atoms with Crippen molar-refractivity contribution < 1.29 is 9.53 Å². The minimum absolute atomic E-state index is 0. The fraction of sp³-hybridized carbons (Fsp3) is 0.364. The third-order valence-electron chi connectivity index (χ3n) is 5.03. The Morgan fingerprint density at radius 3 is 2.69 bits per heavy atom. The molecule has 0 aliphatic carbocycles. The first-order chi connectivity index (χ1) is 13.6. The maximum Gasteiger partial charge on any atom is 0.248 e. The summed E-state index contributed by atoms with van der Waals surface area (Å²) in [5, 5.41) is 3.39. The van der Waals surface area contributed by atoms with Crippen molar-refractivity contribution >= 4 is 35.8 Å². The molecular weight excluding hydrogens is 479 g/mol. The topological polar surface area (TPSA) is 79.9 Å². The molecule has 1 saturated heterocycles. The van der Waals surface area contributed by atoms with Crippen LogP contribution in [0.4, 0.5) is 0 Å². The average molecular weight is 508 g/mol. The summed E-state index contributed by atoms with van der Waals surface area (Å²) in [6.45, 7) is 5.28. The van der Waals surface area contributed by atoms with Crippen molar-refractivity contribution in [2.75, 3.05) is 26.7 Å². The maximum atomic E-state index is 11.4. The molecule has 0 spiro atoms. The molecule has 0 radical (unpaired) electrons. The molecule has 2 aromatic carbocycles. The first-order valence-electron chi connectivity index (χ1n) is 9.66. The molecule has 1 fully saturated rings. The minimum atomic E-state index is -0.417. The number of hydrogen-bond donors (Lipinski definition) is 2. The Labute approximate surface area is 189 Å². The van der Waals surface area contributed by atoms with Crippen LogP contribution in [-0.4, -0.2) is 43.5 Å². The van der Waals surface area contributed by atoms with Gasteiger partial charge >= 0.3 is 0 Å². The lowest BCUT2D eigenvalue weighted by Crippen LogP contribution is -2.40. The summed E-state index contributed by atoms with van der Waals surface area (Å²) in [5.74, 6) is 1.85. The van der Waals surface area contributed by atoms with Crippen LogP contribution in [0.2, 0.25) is 0 Å². The van der Waals surface area contributed by atoms with Gasteiger partial charge in [0.05, 0.1) is 13.7 Å². The Hall–Kier alpha value is -2.29. The number of rotatable bonds is 6. The zero-order valence-electron chi connectivity index (χ0n) is 16.9. The van der Waals surface area contributed by atoms with Crippen LogP contribution >= 0.6 is 24.0 Å². The standard InChI is InChI=1S/C22H28N4O2.HI/c1-3-24-22(25-14-16-5-4-6-18(13-16)21(23)27)26-12-11-19(15-26)17-7-9-20(28-2)10-8-17;/h4-10,13,19H,3,11-12,14-15H2,1-2H3,(H2,23,27)(H,24,25);1H. The molecule has 1 heterocycles. The number of ether oxygens (including phenoxy) is 1. The lowest BCUT2D eigenvalue weighted by Gasteiger charge is -2.22. The second kappa shape index (κ2) is 11.0. The van der Waals surface area contributed by atoms with E-state index in [4.69, 9.17) is 15.5 Å². The van der Waals surface area contributed by atoms with Crippen molar-refractivity contribution in [2.45, 2.75) is 25.8 Å². The average Bonchev–Trinajstić information content (AvgIpc) is 3.21. The number of amides is 1. The van der Waals surface area contributed by atoms with E-state index in [1.54, 1.807) is 19.2 Å². The molecule has 6 nitrogen and oxygen atoms in total. The van der Waals surface area contributed by atoms with Crippen LogP contribution in [0.3, 0.4) is 0 Å². The van der Waals surface area contributed by atoms with Crippen molar-refractivity contribution in [3.63, 3.8) is 0 Å². The smallest absolute Gasteiger partial charge is 0.248 e. The molecular formula is C22H29IN4O2. The number of aliphatic imine (C=N–C) groups is 1. The van der Waals surface area contributed by atoms with Crippen molar-refractivity contribution in [3.05, 3.63) is 65.2 Å². The number of carbonyl (C=O) groups is 1. The molecule has 0 bridgehead atoms. The normalized spacial score (nSPS) is 16.3. The molecule has 3 N–H and O–H groups in total. The number of hydrogen-bond acceptors (Lipinski definition) is 3. The number of nitrogens with zero attached hydrogens (tertiary/aromatic N) is 2. The van der Waals surface area contributed by atoms with Crippen molar-refractivity contribution in [2.24, 2.45) is 10.7 Å². The van der Waals surface area contributed by atoms with E-state index < -0.39 is 5.91 Å². The summed E-state index contributed by atoms with van der Waals surface area (Å²) in [5.41, 5.74) is 8.18. The predicted octanol–water partition coefficient (Wildman–Crippen LogP) is 3.37. The van der Waals surface area contributed by atoms with Crippen molar-refractivity contribution in [1.29, 1.82) is 0 Å². The van der Waals surface area contributed by atoms with E-state index in [0.29, 0.717) is 18.0 Å². The Kier molecular flexibility index (Phi) is 8.75. The summed E-state index contributed by atoms with van der Waals surface area (Å²) >= 11 is 0. The van der Waals surface area contributed by atoms with Crippen LogP contribution < -0.4 is 15.8 Å².